The van der Waals surface area contributed by atoms with Gasteiger partial charge in [-0.15, -0.1) is 0 Å². The number of rotatable bonds is 2. The summed E-state index contributed by atoms with van der Waals surface area (Å²) in [6.07, 6.45) is 0.816. The van der Waals surface area contributed by atoms with E-state index in [-0.39, 0.29) is 0 Å². The maximum Gasteiger partial charge on any atom is 0.184 e. The van der Waals surface area contributed by atoms with Gasteiger partial charge in [0.25, 0.3) is 0 Å². The zero-order chi connectivity index (χ0) is 15.1. The largest absolute Gasteiger partial charge is 0.327 e. The number of aromatic amines is 1. The number of hydrogen-bond acceptors (Lipinski definition) is 3. The van der Waals surface area contributed by atoms with Crippen LogP contribution < -0.4 is 0 Å². The number of nitriles is 1. The average molecular weight is 362 g/mol. The predicted molar refractivity (Wildman–Crippen MR) is 87.0 cm³/mol. The summed E-state index contributed by atoms with van der Waals surface area (Å²) < 4.78 is 5.11. The number of halogens is 1. The van der Waals surface area contributed by atoms with Crippen LogP contribution in [0.25, 0.3) is 16.9 Å². The number of nitrogens with one attached hydrogen (secondary N) is 1. The van der Waals surface area contributed by atoms with Crippen molar-refractivity contribution in [3.8, 4) is 11.8 Å². The van der Waals surface area contributed by atoms with Crippen LogP contribution in [-0.2, 0) is 13.5 Å². The summed E-state index contributed by atoms with van der Waals surface area (Å²) in [5.74, 6) is 0. The molecule has 0 saturated heterocycles. The number of aryl methyl sites for hydroxylation is 2. The van der Waals surface area contributed by atoms with E-state index >= 15 is 0 Å². The average Bonchev–Trinajstić information content (AvgIpc) is 2.95. The van der Waals surface area contributed by atoms with Gasteiger partial charge in [-0.2, -0.15) is 10.4 Å². The summed E-state index contributed by atoms with van der Waals surface area (Å²) in [4.78, 5) is 3.21. The lowest BCUT2D eigenvalue weighted by Crippen LogP contribution is -2.03. The van der Waals surface area contributed by atoms with Gasteiger partial charge in [-0.05, 0) is 36.8 Å². The number of nitrogens with zero attached hydrogens (tertiary/aromatic N) is 4. The highest BCUT2D eigenvalue weighted by Gasteiger charge is 2.17. The van der Waals surface area contributed by atoms with Crippen molar-refractivity contribution >= 4 is 39.3 Å². The van der Waals surface area contributed by atoms with Crippen molar-refractivity contribution in [2.75, 3.05) is 0 Å². The lowest BCUT2D eigenvalue weighted by atomic mass is 10.2. The van der Waals surface area contributed by atoms with Crippen molar-refractivity contribution in [1.29, 1.82) is 5.26 Å². The van der Waals surface area contributed by atoms with Crippen molar-refractivity contribution in [2.24, 2.45) is 7.05 Å². The highest BCUT2D eigenvalue weighted by atomic mass is 79.9. The molecule has 0 unspecified atom stereocenters. The molecule has 2 aromatic heterocycles. The molecular formula is C14H12BrN5S. The minimum Gasteiger partial charge on any atom is -0.327 e. The molecule has 0 spiro atoms. The second-order valence-corrected chi connectivity index (χ2v) is 5.96. The van der Waals surface area contributed by atoms with Crippen molar-refractivity contribution < 1.29 is 0 Å². The number of hydrogen-bond donors (Lipinski definition) is 1. The molecule has 0 bridgehead atoms. The highest BCUT2D eigenvalue weighted by Crippen LogP contribution is 2.26. The normalized spacial score (nSPS) is 11.0. The molecule has 7 heteroatoms. The molecular weight excluding hydrogens is 350 g/mol. The number of benzene rings is 1. The number of aromatic nitrogens is 4. The molecule has 106 valence electrons. The van der Waals surface area contributed by atoms with E-state index in [9.17, 15) is 5.26 Å². The van der Waals surface area contributed by atoms with Crippen molar-refractivity contribution in [3.63, 3.8) is 0 Å². The third kappa shape index (κ3) is 2.11. The Bertz CT molecular complexity index is 941. The molecule has 0 aliphatic heterocycles. The molecule has 0 fully saturated rings. The third-order valence-electron chi connectivity index (χ3n) is 3.39. The number of fused-ring (bicyclic) bond motifs is 1. The molecule has 21 heavy (non-hydrogen) atoms. The fourth-order valence-corrected chi connectivity index (χ4v) is 3.10. The Morgan fingerprint density at radius 3 is 2.90 bits per heavy atom. The van der Waals surface area contributed by atoms with E-state index in [0.29, 0.717) is 10.3 Å². The Morgan fingerprint density at radius 1 is 1.48 bits per heavy atom. The van der Waals surface area contributed by atoms with Crippen LogP contribution in [0.1, 0.15) is 18.2 Å². The van der Waals surface area contributed by atoms with Gasteiger partial charge in [0.05, 0.1) is 16.9 Å². The maximum atomic E-state index is 9.35. The number of imidazole rings is 1. The Morgan fingerprint density at radius 2 is 2.24 bits per heavy atom. The fraction of sp³-hybridized carbons (Fsp3) is 0.214. The molecule has 3 rings (SSSR count). The molecule has 0 saturated carbocycles. The van der Waals surface area contributed by atoms with Gasteiger partial charge in [-0.25, -0.2) is 4.68 Å². The van der Waals surface area contributed by atoms with E-state index in [2.05, 4.69) is 39.0 Å². The predicted octanol–water partition coefficient (Wildman–Crippen LogP) is 3.62. The second kappa shape index (κ2) is 5.13. The lowest BCUT2D eigenvalue weighted by Gasteiger charge is -2.07. The molecule has 0 atom stereocenters. The molecule has 0 aliphatic carbocycles. The van der Waals surface area contributed by atoms with Crippen molar-refractivity contribution in [3.05, 3.63) is 38.7 Å². The third-order valence-corrected chi connectivity index (χ3v) is 4.17. The topological polar surface area (TPSA) is 62.3 Å². The van der Waals surface area contributed by atoms with Gasteiger partial charge in [-0.3, -0.25) is 4.57 Å². The van der Waals surface area contributed by atoms with Crippen LogP contribution in [-0.4, -0.2) is 19.3 Å². The van der Waals surface area contributed by atoms with Gasteiger partial charge >= 0.3 is 0 Å². The zero-order valence-electron chi connectivity index (χ0n) is 11.5. The zero-order valence-corrected chi connectivity index (χ0v) is 13.9. The van der Waals surface area contributed by atoms with E-state index in [0.717, 1.165) is 33.4 Å². The van der Waals surface area contributed by atoms with Crippen LogP contribution in [0.3, 0.4) is 0 Å². The van der Waals surface area contributed by atoms with E-state index < -0.39 is 0 Å². The maximum absolute atomic E-state index is 9.35. The first kappa shape index (κ1) is 14.0. The highest BCUT2D eigenvalue weighted by molar-refractivity contribution is 9.10. The van der Waals surface area contributed by atoms with Gasteiger partial charge in [0, 0.05) is 11.5 Å². The van der Waals surface area contributed by atoms with Crippen LogP contribution in [0, 0.1) is 16.1 Å². The molecule has 3 aromatic rings. The van der Waals surface area contributed by atoms with Gasteiger partial charge in [0.15, 0.2) is 10.4 Å². The van der Waals surface area contributed by atoms with Gasteiger partial charge in [-0.1, -0.05) is 22.9 Å². The van der Waals surface area contributed by atoms with Crippen LogP contribution in [0.15, 0.2) is 22.7 Å². The van der Waals surface area contributed by atoms with Crippen LogP contribution in [0.4, 0.5) is 0 Å². The molecule has 0 amide bonds. The van der Waals surface area contributed by atoms with Crippen LogP contribution >= 0.6 is 28.1 Å². The van der Waals surface area contributed by atoms with E-state index in [1.807, 2.05) is 23.7 Å². The summed E-state index contributed by atoms with van der Waals surface area (Å²) in [7, 11) is 1.88. The van der Waals surface area contributed by atoms with Crippen molar-refractivity contribution in [2.45, 2.75) is 13.3 Å². The Kier molecular flexibility index (Phi) is 3.43. The monoisotopic (exact) mass is 361 g/mol. The first-order chi connectivity index (χ1) is 10.1. The van der Waals surface area contributed by atoms with E-state index in [1.165, 1.54) is 0 Å². The Labute approximate surface area is 134 Å². The van der Waals surface area contributed by atoms with E-state index in [1.54, 1.807) is 10.7 Å². The summed E-state index contributed by atoms with van der Waals surface area (Å²) in [5, 5.41) is 13.8. The summed E-state index contributed by atoms with van der Waals surface area (Å²) in [5.41, 5.74) is 4.06. The second-order valence-electron chi connectivity index (χ2n) is 4.66. The minimum atomic E-state index is 0.558. The Balaban J connectivity index is 2.44. The van der Waals surface area contributed by atoms with Crippen LogP contribution in [0.5, 0.6) is 0 Å². The minimum absolute atomic E-state index is 0.558. The first-order valence-electron chi connectivity index (χ1n) is 6.43. The quantitative estimate of drug-likeness (QED) is 0.709. The lowest BCUT2D eigenvalue weighted by molar-refractivity contribution is 0.748. The summed E-state index contributed by atoms with van der Waals surface area (Å²) >= 11 is 8.90. The van der Waals surface area contributed by atoms with Crippen molar-refractivity contribution in [1.82, 2.24) is 19.3 Å². The van der Waals surface area contributed by atoms with Crippen LogP contribution in [0.2, 0.25) is 0 Å². The molecule has 5 nitrogen and oxygen atoms in total. The van der Waals surface area contributed by atoms with Gasteiger partial charge in [0.1, 0.15) is 11.6 Å². The molecule has 2 heterocycles. The standard InChI is InChI=1S/C14H12BrN5S/c1-3-10-12-13(19(2)18-10)20(14(21)17-12)11-6-9(15)5-4-8(11)7-16/h4-6H,3H2,1-2H3,(H,17,21). The molecule has 1 N–H and O–H groups in total. The smallest absolute Gasteiger partial charge is 0.184 e. The summed E-state index contributed by atoms with van der Waals surface area (Å²) in [6.45, 7) is 2.05. The van der Waals surface area contributed by atoms with Gasteiger partial charge in [0.2, 0.25) is 0 Å². The first-order valence-corrected chi connectivity index (χ1v) is 7.63. The van der Waals surface area contributed by atoms with E-state index in [4.69, 9.17) is 12.2 Å². The SMILES string of the molecule is CCc1nn(C)c2c1[nH]c(=S)n2-c1cc(Br)ccc1C#N. The summed E-state index contributed by atoms with van der Waals surface area (Å²) in [6, 6.07) is 7.72. The molecule has 1 aromatic carbocycles. The molecule has 0 radical (unpaired) electrons. The Hall–Kier alpha value is -1.91. The molecule has 0 aliphatic rings. The fourth-order valence-electron chi connectivity index (χ4n) is 2.47. The number of H-pyrrole nitrogens is 1. The van der Waals surface area contributed by atoms with Gasteiger partial charge < -0.3 is 4.98 Å².